The smallest absolute Gasteiger partial charge is 0.223 e. The second-order valence-corrected chi connectivity index (χ2v) is 6.16. The Balaban J connectivity index is 1.80. The van der Waals surface area contributed by atoms with Crippen molar-refractivity contribution < 1.29 is 9.18 Å². The first-order chi connectivity index (χ1) is 10.6. The molecule has 1 aromatic carbocycles. The molecule has 1 amide bonds. The number of amides is 1. The van der Waals surface area contributed by atoms with Crippen molar-refractivity contribution in [3.63, 3.8) is 0 Å². The number of hydrogen-bond donors (Lipinski definition) is 1. The fraction of sp³-hybridized carbons (Fsp3) is 0.611. The zero-order valence-electron chi connectivity index (χ0n) is 13.6. The Morgan fingerprint density at radius 2 is 1.91 bits per heavy atom. The highest BCUT2D eigenvalue weighted by Gasteiger charge is 2.26. The molecular weight excluding hydrogens is 279 g/mol. The summed E-state index contributed by atoms with van der Waals surface area (Å²) in [5.41, 5.74) is 0.738. The highest BCUT2D eigenvalue weighted by molar-refractivity contribution is 5.79. The predicted octanol–water partition coefficient (Wildman–Crippen LogP) is 3.34. The Labute approximate surface area is 132 Å². The summed E-state index contributed by atoms with van der Waals surface area (Å²) in [6, 6.07) is 7.22. The van der Waals surface area contributed by atoms with Gasteiger partial charge in [-0.2, -0.15) is 0 Å². The normalized spacial score (nSPS) is 16.9. The molecule has 1 fully saturated rings. The molecule has 0 radical (unpaired) electrons. The second kappa shape index (κ2) is 8.28. The van der Waals surface area contributed by atoms with Crippen LogP contribution < -0.4 is 5.32 Å². The van der Waals surface area contributed by atoms with Crippen molar-refractivity contribution in [3.05, 3.63) is 35.6 Å². The molecule has 0 spiro atoms. The summed E-state index contributed by atoms with van der Waals surface area (Å²) in [6.45, 7) is 6.55. The van der Waals surface area contributed by atoms with E-state index in [9.17, 15) is 9.18 Å². The van der Waals surface area contributed by atoms with E-state index in [1.54, 1.807) is 6.07 Å². The summed E-state index contributed by atoms with van der Waals surface area (Å²) in [4.78, 5) is 14.5. The van der Waals surface area contributed by atoms with Crippen molar-refractivity contribution in [2.24, 2.45) is 5.92 Å². The van der Waals surface area contributed by atoms with E-state index in [0.717, 1.165) is 44.3 Å². The minimum absolute atomic E-state index is 0.109. The molecule has 0 bridgehead atoms. The van der Waals surface area contributed by atoms with Gasteiger partial charge in [0.25, 0.3) is 0 Å². The first-order valence-electron chi connectivity index (χ1n) is 8.40. The van der Waals surface area contributed by atoms with Crippen molar-refractivity contribution in [2.75, 3.05) is 13.1 Å². The van der Waals surface area contributed by atoms with E-state index in [1.807, 2.05) is 12.1 Å². The molecule has 1 aliphatic rings. The van der Waals surface area contributed by atoms with Crippen LogP contribution in [-0.4, -0.2) is 29.9 Å². The fourth-order valence-corrected chi connectivity index (χ4v) is 3.03. The van der Waals surface area contributed by atoms with Gasteiger partial charge in [0, 0.05) is 24.1 Å². The zero-order chi connectivity index (χ0) is 15.9. The lowest BCUT2D eigenvalue weighted by molar-refractivity contribution is -0.127. The van der Waals surface area contributed by atoms with Gasteiger partial charge in [0.05, 0.1) is 0 Å². The molecule has 0 aliphatic carbocycles. The average Bonchev–Trinajstić information content (AvgIpc) is 2.55. The van der Waals surface area contributed by atoms with E-state index in [2.05, 4.69) is 24.1 Å². The van der Waals surface area contributed by atoms with Crippen LogP contribution in [0.4, 0.5) is 4.39 Å². The summed E-state index contributed by atoms with van der Waals surface area (Å²) in [7, 11) is 0. The molecule has 1 saturated heterocycles. The van der Waals surface area contributed by atoms with Gasteiger partial charge in [-0.3, -0.25) is 9.69 Å². The summed E-state index contributed by atoms with van der Waals surface area (Å²) >= 11 is 0. The van der Waals surface area contributed by atoms with Crippen LogP contribution in [0.2, 0.25) is 0 Å². The Morgan fingerprint density at radius 1 is 1.27 bits per heavy atom. The first kappa shape index (κ1) is 16.9. The molecule has 4 heteroatoms. The van der Waals surface area contributed by atoms with Crippen molar-refractivity contribution in [2.45, 2.75) is 52.1 Å². The molecular formula is C18H27FN2O. The van der Waals surface area contributed by atoms with Crippen molar-refractivity contribution in [1.82, 2.24) is 10.2 Å². The minimum atomic E-state index is -0.143. The van der Waals surface area contributed by atoms with Crippen molar-refractivity contribution >= 4 is 5.91 Å². The number of benzene rings is 1. The van der Waals surface area contributed by atoms with E-state index in [-0.39, 0.29) is 17.6 Å². The Bertz CT molecular complexity index is 480. The molecule has 22 heavy (non-hydrogen) atoms. The zero-order valence-corrected chi connectivity index (χ0v) is 13.6. The Kier molecular flexibility index (Phi) is 6.37. The third-order valence-electron chi connectivity index (χ3n) is 4.64. The third kappa shape index (κ3) is 4.54. The van der Waals surface area contributed by atoms with Gasteiger partial charge in [-0.15, -0.1) is 0 Å². The molecule has 0 aromatic heterocycles. The summed E-state index contributed by atoms with van der Waals surface area (Å²) in [5, 5.41) is 3.14. The number of carbonyl (C=O) groups excluding carboxylic acids is 1. The molecule has 3 nitrogen and oxygen atoms in total. The lowest BCUT2D eigenvalue weighted by Crippen LogP contribution is -2.43. The van der Waals surface area contributed by atoms with Crippen LogP contribution in [0.15, 0.2) is 24.3 Å². The number of hydrogen-bond acceptors (Lipinski definition) is 2. The van der Waals surface area contributed by atoms with E-state index >= 15 is 0 Å². The Morgan fingerprint density at radius 3 is 2.50 bits per heavy atom. The summed E-state index contributed by atoms with van der Waals surface area (Å²) in [6.07, 6.45) is 3.68. The van der Waals surface area contributed by atoms with Gasteiger partial charge in [-0.25, -0.2) is 4.39 Å². The van der Waals surface area contributed by atoms with Gasteiger partial charge in [0.15, 0.2) is 0 Å². The Hall–Kier alpha value is -1.42. The standard InChI is InChI=1S/C18H27FN2O/c1-3-16(4-2)20-18(22)14-9-11-21(12-10-14)13-15-7-5-6-8-17(15)19/h5-8,14,16H,3-4,9-13H2,1-2H3,(H,20,22). The number of halogens is 1. The van der Waals surface area contributed by atoms with Crippen molar-refractivity contribution in [3.8, 4) is 0 Å². The lowest BCUT2D eigenvalue weighted by Gasteiger charge is -2.32. The average molecular weight is 306 g/mol. The number of piperidine rings is 1. The third-order valence-corrected chi connectivity index (χ3v) is 4.64. The molecule has 2 rings (SSSR count). The maximum atomic E-state index is 13.7. The van der Waals surface area contributed by atoms with Crippen LogP contribution in [-0.2, 0) is 11.3 Å². The molecule has 1 aliphatic heterocycles. The quantitative estimate of drug-likeness (QED) is 0.874. The molecule has 0 atom stereocenters. The van der Waals surface area contributed by atoms with Crippen LogP contribution in [0, 0.1) is 11.7 Å². The van der Waals surface area contributed by atoms with Crippen LogP contribution in [0.5, 0.6) is 0 Å². The van der Waals surface area contributed by atoms with E-state index in [1.165, 1.54) is 6.07 Å². The van der Waals surface area contributed by atoms with E-state index in [0.29, 0.717) is 12.6 Å². The monoisotopic (exact) mass is 306 g/mol. The number of nitrogens with zero attached hydrogens (tertiary/aromatic N) is 1. The van der Waals surface area contributed by atoms with Gasteiger partial charge < -0.3 is 5.32 Å². The minimum Gasteiger partial charge on any atom is -0.353 e. The topological polar surface area (TPSA) is 32.3 Å². The number of rotatable bonds is 6. The summed E-state index contributed by atoms with van der Waals surface area (Å²) < 4.78 is 13.7. The van der Waals surface area contributed by atoms with Crippen molar-refractivity contribution in [1.29, 1.82) is 0 Å². The molecule has 1 N–H and O–H groups in total. The fourth-order valence-electron chi connectivity index (χ4n) is 3.03. The molecule has 1 aromatic rings. The van der Waals surface area contributed by atoms with E-state index in [4.69, 9.17) is 0 Å². The van der Waals surface area contributed by atoms with Gasteiger partial charge in [0.2, 0.25) is 5.91 Å². The number of nitrogens with one attached hydrogen (secondary N) is 1. The largest absolute Gasteiger partial charge is 0.353 e. The van der Waals surface area contributed by atoms with Gasteiger partial charge in [-0.05, 0) is 44.8 Å². The van der Waals surface area contributed by atoms with Crippen LogP contribution in [0.25, 0.3) is 0 Å². The van der Waals surface area contributed by atoms with Gasteiger partial charge in [-0.1, -0.05) is 32.0 Å². The maximum Gasteiger partial charge on any atom is 0.223 e. The molecule has 122 valence electrons. The molecule has 1 heterocycles. The molecule has 0 saturated carbocycles. The highest BCUT2D eigenvalue weighted by atomic mass is 19.1. The maximum absolute atomic E-state index is 13.7. The van der Waals surface area contributed by atoms with E-state index < -0.39 is 0 Å². The van der Waals surface area contributed by atoms with Crippen LogP contribution in [0.3, 0.4) is 0 Å². The highest BCUT2D eigenvalue weighted by Crippen LogP contribution is 2.20. The van der Waals surface area contributed by atoms with Crippen LogP contribution >= 0.6 is 0 Å². The SMILES string of the molecule is CCC(CC)NC(=O)C1CCN(Cc2ccccc2F)CC1. The van der Waals surface area contributed by atoms with Gasteiger partial charge >= 0.3 is 0 Å². The van der Waals surface area contributed by atoms with Gasteiger partial charge in [0.1, 0.15) is 5.82 Å². The van der Waals surface area contributed by atoms with Crippen LogP contribution in [0.1, 0.15) is 45.1 Å². The first-order valence-corrected chi connectivity index (χ1v) is 8.40. The number of likely N-dealkylation sites (tertiary alicyclic amines) is 1. The second-order valence-electron chi connectivity index (χ2n) is 6.16. The lowest BCUT2D eigenvalue weighted by atomic mass is 9.95. The number of carbonyl (C=O) groups is 1. The molecule has 0 unspecified atom stereocenters. The predicted molar refractivity (Wildman–Crippen MR) is 86.9 cm³/mol. The summed E-state index contributed by atoms with van der Waals surface area (Å²) in [5.74, 6) is 0.160.